The van der Waals surface area contributed by atoms with Crippen molar-refractivity contribution in [1.82, 2.24) is 4.90 Å². The highest BCUT2D eigenvalue weighted by Gasteiger charge is 2.14. The van der Waals surface area contributed by atoms with Gasteiger partial charge in [-0.15, -0.1) is 0 Å². The standard InChI is InChI=1S/C16H19NO3/c1-11(19-4)12-6-5-7-13(10-12)14-8-9-15(20-14)16(18)17(2)3/h5-11H,1-4H3/t11-/m0/s1. The van der Waals surface area contributed by atoms with Gasteiger partial charge in [-0.3, -0.25) is 4.79 Å². The Hall–Kier alpha value is -2.07. The Labute approximate surface area is 119 Å². The fourth-order valence-electron chi connectivity index (χ4n) is 1.91. The first-order chi connectivity index (χ1) is 9.52. The van der Waals surface area contributed by atoms with Gasteiger partial charge in [-0.05, 0) is 30.7 Å². The summed E-state index contributed by atoms with van der Waals surface area (Å²) in [7, 11) is 5.08. The maximum Gasteiger partial charge on any atom is 0.289 e. The van der Waals surface area contributed by atoms with Crippen LogP contribution in [0.5, 0.6) is 0 Å². The third-order valence-electron chi connectivity index (χ3n) is 3.22. The molecule has 4 nitrogen and oxygen atoms in total. The van der Waals surface area contributed by atoms with Crippen LogP contribution in [0.3, 0.4) is 0 Å². The molecule has 20 heavy (non-hydrogen) atoms. The highest BCUT2D eigenvalue weighted by Crippen LogP contribution is 2.26. The minimum atomic E-state index is -0.141. The first-order valence-corrected chi connectivity index (χ1v) is 6.47. The van der Waals surface area contributed by atoms with Crippen molar-refractivity contribution in [3.63, 3.8) is 0 Å². The maximum atomic E-state index is 11.8. The largest absolute Gasteiger partial charge is 0.451 e. The number of carbonyl (C=O) groups is 1. The molecule has 0 N–H and O–H groups in total. The molecule has 1 aromatic heterocycles. The molecular weight excluding hydrogens is 254 g/mol. The van der Waals surface area contributed by atoms with E-state index >= 15 is 0 Å². The number of hydrogen-bond donors (Lipinski definition) is 0. The quantitative estimate of drug-likeness (QED) is 0.858. The van der Waals surface area contributed by atoms with Crippen LogP contribution in [-0.2, 0) is 4.74 Å². The van der Waals surface area contributed by atoms with Crippen molar-refractivity contribution in [2.45, 2.75) is 13.0 Å². The summed E-state index contributed by atoms with van der Waals surface area (Å²) in [5.74, 6) is 0.883. The smallest absolute Gasteiger partial charge is 0.289 e. The van der Waals surface area contributed by atoms with Gasteiger partial charge < -0.3 is 14.1 Å². The van der Waals surface area contributed by atoms with Gasteiger partial charge in [-0.25, -0.2) is 0 Å². The zero-order chi connectivity index (χ0) is 14.7. The van der Waals surface area contributed by atoms with Crippen LogP contribution in [0.25, 0.3) is 11.3 Å². The Bertz CT molecular complexity index is 601. The number of benzene rings is 1. The van der Waals surface area contributed by atoms with Gasteiger partial charge in [-0.2, -0.15) is 0 Å². The van der Waals surface area contributed by atoms with E-state index in [1.807, 2.05) is 37.3 Å². The highest BCUT2D eigenvalue weighted by molar-refractivity contribution is 5.91. The summed E-state index contributed by atoms with van der Waals surface area (Å²) in [5.41, 5.74) is 2.01. The van der Waals surface area contributed by atoms with Gasteiger partial charge in [0.2, 0.25) is 0 Å². The number of carbonyl (C=O) groups excluding carboxylic acids is 1. The average molecular weight is 273 g/mol. The number of methoxy groups -OCH3 is 1. The van der Waals surface area contributed by atoms with Crippen molar-refractivity contribution >= 4 is 5.91 Å². The Morgan fingerprint density at radius 3 is 2.65 bits per heavy atom. The molecular formula is C16H19NO3. The highest BCUT2D eigenvalue weighted by atomic mass is 16.5. The predicted octanol–water partition coefficient (Wildman–Crippen LogP) is 3.36. The second-order valence-electron chi connectivity index (χ2n) is 4.87. The van der Waals surface area contributed by atoms with Gasteiger partial charge in [0.05, 0.1) is 6.10 Å². The fourth-order valence-corrected chi connectivity index (χ4v) is 1.91. The summed E-state index contributed by atoms with van der Waals surface area (Å²) in [5, 5.41) is 0. The number of nitrogens with zero attached hydrogens (tertiary/aromatic N) is 1. The minimum absolute atomic E-state index is 0.0211. The Balaban J connectivity index is 2.31. The molecule has 2 aromatic rings. The monoisotopic (exact) mass is 273 g/mol. The molecule has 0 fully saturated rings. The van der Waals surface area contributed by atoms with Crippen LogP contribution in [0.2, 0.25) is 0 Å². The number of rotatable bonds is 4. The van der Waals surface area contributed by atoms with E-state index in [1.54, 1.807) is 27.3 Å². The Morgan fingerprint density at radius 1 is 1.25 bits per heavy atom. The van der Waals surface area contributed by atoms with E-state index in [1.165, 1.54) is 4.90 Å². The van der Waals surface area contributed by atoms with E-state index in [-0.39, 0.29) is 12.0 Å². The second kappa shape index (κ2) is 5.92. The molecule has 0 spiro atoms. The van der Waals surface area contributed by atoms with E-state index in [9.17, 15) is 4.79 Å². The van der Waals surface area contributed by atoms with Gasteiger partial charge in [0, 0.05) is 26.8 Å². The molecule has 0 aliphatic heterocycles. The van der Waals surface area contributed by atoms with E-state index in [4.69, 9.17) is 9.15 Å². The summed E-state index contributed by atoms with van der Waals surface area (Å²) < 4.78 is 10.9. The maximum absolute atomic E-state index is 11.8. The van der Waals surface area contributed by atoms with Crippen LogP contribution < -0.4 is 0 Å². The third-order valence-corrected chi connectivity index (χ3v) is 3.22. The molecule has 1 aromatic carbocycles. The fraction of sp³-hybridized carbons (Fsp3) is 0.312. The molecule has 0 saturated heterocycles. The molecule has 2 rings (SSSR count). The normalized spacial score (nSPS) is 12.2. The molecule has 1 atom stereocenters. The van der Waals surface area contributed by atoms with Crippen molar-refractivity contribution < 1.29 is 13.9 Å². The number of hydrogen-bond acceptors (Lipinski definition) is 3. The molecule has 4 heteroatoms. The first-order valence-electron chi connectivity index (χ1n) is 6.47. The first kappa shape index (κ1) is 14.3. The van der Waals surface area contributed by atoms with Gasteiger partial charge in [0.25, 0.3) is 5.91 Å². The van der Waals surface area contributed by atoms with Crippen LogP contribution in [0.4, 0.5) is 0 Å². The Morgan fingerprint density at radius 2 is 2.00 bits per heavy atom. The summed E-state index contributed by atoms with van der Waals surface area (Å²) in [6.07, 6.45) is 0.0211. The molecule has 106 valence electrons. The van der Waals surface area contributed by atoms with Gasteiger partial charge in [-0.1, -0.05) is 18.2 Å². The van der Waals surface area contributed by atoms with E-state index in [2.05, 4.69) is 0 Å². The molecule has 1 heterocycles. The zero-order valence-corrected chi connectivity index (χ0v) is 12.2. The lowest BCUT2D eigenvalue weighted by Crippen LogP contribution is -2.20. The SMILES string of the molecule is CO[C@@H](C)c1cccc(-c2ccc(C(=O)N(C)C)o2)c1. The van der Waals surface area contributed by atoms with Gasteiger partial charge in [0.1, 0.15) is 5.76 Å². The summed E-state index contributed by atoms with van der Waals surface area (Å²) >= 11 is 0. The third kappa shape index (κ3) is 2.91. The lowest BCUT2D eigenvalue weighted by Gasteiger charge is -2.10. The number of amides is 1. The molecule has 1 amide bonds. The molecule has 0 aliphatic carbocycles. The summed E-state index contributed by atoms with van der Waals surface area (Å²) in [6, 6.07) is 11.4. The lowest BCUT2D eigenvalue weighted by atomic mass is 10.1. The minimum Gasteiger partial charge on any atom is -0.451 e. The van der Waals surface area contributed by atoms with Crippen molar-refractivity contribution in [3.05, 3.63) is 47.7 Å². The van der Waals surface area contributed by atoms with Crippen LogP contribution in [0.15, 0.2) is 40.8 Å². The topological polar surface area (TPSA) is 42.7 Å². The van der Waals surface area contributed by atoms with E-state index in [0.717, 1.165) is 11.1 Å². The van der Waals surface area contributed by atoms with E-state index in [0.29, 0.717) is 11.5 Å². The van der Waals surface area contributed by atoms with Gasteiger partial charge in [0.15, 0.2) is 5.76 Å². The number of furan rings is 1. The van der Waals surface area contributed by atoms with Crippen molar-refractivity contribution in [2.24, 2.45) is 0 Å². The van der Waals surface area contributed by atoms with Gasteiger partial charge >= 0.3 is 0 Å². The second-order valence-corrected chi connectivity index (χ2v) is 4.87. The molecule has 0 unspecified atom stereocenters. The Kier molecular flexibility index (Phi) is 4.25. The zero-order valence-electron chi connectivity index (χ0n) is 12.2. The summed E-state index contributed by atoms with van der Waals surface area (Å²) in [4.78, 5) is 13.3. The van der Waals surface area contributed by atoms with E-state index < -0.39 is 0 Å². The lowest BCUT2D eigenvalue weighted by molar-refractivity contribution is 0.0797. The molecule has 0 bridgehead atoms. The van der Waals surface area contributed by atoms with Crippen LogP contribution in [0.1, 0.15) is 29.1 Å². The van der Waals surface area contributed by atoms with Crippen LogP contribution >= 0.6 is 0 Å². The average Bonchev–Trinajstić information content (AvgIpc) is 2.95. The van der Waals surface area contributed by atoms with Crippen LogP contribution in [-0.4, -0.2) is 32.0 Å². The van der Waals surface area contributed by atoms with Crippen LogP contribution in [0, 0.1) is 0 Å². The molecule has 0 radical (unpaired) electrons. The number of ether oxygens (including phenoxy) is 1. The van der Waals surface area contributed by atoms with Crippen molar-refractivity contribution in [3.8, 4) is 11.3 Å². The van der Waals surface area contributed by atoms with Crippen molar-refractivity contribution in [1.29, 1.82) is 0 Å². The summed E-state index contributed by atoms with van der Waals surface area (Å²) in [6.45, 7) is 1.99. The predicted molar refractivity (Wildman–Crippen MR) is 77.6 cm³/mol. The molecule has 0 saturated carbocycles. The molecule has 0 aliphatic rings. The van der Waals surface area contributed by atoms with Crippen molar-refractivity contribution in [2.75, 3.05) is 21.2 Å².